The molecule has 0 bridgehead atoms. The van der Waals surface area contributed by atoms with Crippen LogP contribution >= 0.6 is 0 Å². The van der Waals surface area contributed by atoms with Crippen molar-refractivity contribution in [1.82, 2.24) is 20.2 Å². The number of H-pyrrole nitrogens is 1. The molecule has 0 saturated heterocycles. The molecule has 2 heterocycles. The van der Waals surface area contributed by atoms with Gasteiger partial charge in [-0.05, 0) is 65.3 Å². The Morgan fingerprint density at radius 2 is 1.77 bits per heavy atom. The smallest absolute Gasteiger partial charge is 0.253 e. The van der Waals surface area contributed by atoms with Crippen LogP contribution in [-0.4, -0.2) is 26.7 Å². The molecule has 176 valence electrons. The maximum absolute atomic E-state index is 12.7. The molecule has 6 nitrogen and oxygen atoms in total. The summed E-state index contributed by atoms with van der Waals surface area (Å²) in [6.45, 7) is 6.44. The lowest BCUT2D eigenvalue weighted by atomic mass is 10.0. The van der Waals surface area contributed by atoms with Crippen LogP contribution in [0.15, 0.2) is 98.1 Å². The Kier molecular flexibility index (Phi) is 7.53. The van der Waals surface area contributed by atoms with E-state index in [1.54, 1.807) is 23.4 Å². The molecule has 4 aromatic rings. The number of hydrogen-bond donors (Lipinski definition) is 2. The standard InChI is InChI=1S/C29H28N4O2/c1-3-5-28(34)33(4-2)20-22-8-6-21(7-9-22)14-24-15-26(19-30-17-24)29(35)32-18-23-10-11-25-12-13-31-27(25)16-23/h3-13,15-17,19,31H,2,14,18,20H2,1H3,(H,32,35)/b5-3-. The molecule has 0 fully saturated rings. The summed E-state index contributed by atoms with van der Waals surface area (Å²) in [6.07, 6.45) is 10.7. The lowest BCUT2D eigenvalue weighted by Gasteiger charge is -2.16. The van der Waals surface area contributed by atoms with Crippen LogP contribution < -0.4 is 5.32 Å². The molecule has 0 atom stereocenters. The Hall–Kier alpha value is -4.45. The van der Waals surface area contributed by atoms with Gasteiger partial charge in [0.2, 0.25) is 5.91 Å². The van der Waals surface area contributed by atoms with Gasteiger partial charge in [0.25, 0.3) is 5.91 Å². The number of allylic oxidation sites excluding steroid dienone is 1. The molecule has 0 aliphatic rings. The van der Waals surface area contributed by atoms with Crippen LogP contribution in [-0.2, 0) is 24.3 Å². The molecule has 0 unspecified atom stereocenters. The van der Waals surface area contributed by atoms with Crippen molar-refractivity contribution in [3.63, 3.8) is 0 Å². The molecule has 2 amide bonds. The number of benzene rings is 2. The molecule has 2 N–H and O–H groups in total. The number of amides is 2. The molecule has 35 heavy (non-hydrogen) atoms. The van der Waals surface area contributed by atoms with Crippen LogP contribution in [0.5, 0.6) is 0 Å². The SMILES string of the molecule is C=CN(Cc1ccc(Cc2cncc(C(=O)NCc3ccc4cc[nH]c4c3)c2)cc1)C(=O)/C=C\C. The van der Waals surface area contributed by atoms with Gasteiger partial charge >= 0.3 is 0 Å². The van der Waals surface area contributed by atoms with Crippen molar-refractivity contribution in [2.45, 2.75) is 26.4 Å². The van der Waals surface area contributed by atoms with Crippen molar-refractivity contribution >= 4 is 22.7 Å². The van der Waals surface area contributed by atoms with E-state index in [0.717, 1.165) is 33.2 Å². The summed E-state index contributed by atoms with van der Waals surface area (Å²) in [7, 11) is 0. The van der Waals surface area contributed by atoms with Crippen molar-refractivity contribution in [1.29, 1.82) is 0 Å². The molecule has 0 saturated carbocycles. The summed E-state index contributed by atoms with van der Waals surface area (Å²) in [6, 6.07) is 18.0. The topological polar surface area (TPSA) is 78.1 Å². The summed E-state index contributed by atoms with van der Waals surface area (Å²) < 4.78 is 0. The molecule has 0 aliphatic carbocycles. The fourth-order valence-corrected chi connectivity index (χ4v) is 3.86. The largest absolute Gasteiger partial charge is 0.361 e. The fraction of sp³-hybridized carbons (Fsp3) is 0.138. The molecule has 0 spiro atoms. The average molecular weight is 465 g/mol. The Bertz CT molecular complexity index is 1370. The second kappa shape index (κ2) is 11.1. The highest BCUT2D eigenvalue weighted by Crippen LogP contribution is 2.15. The zero-order valence-electron chi connectivity index (χ0n) is 19.7. The van der Waals surface area contributed by atoms with E-state index in [9.17, 15) is 9.59 Å². The number of pyridine rings is 1. The Morgan fingerprint density at radius 1 is 1.00 bits per heavy atom. The van der Waals surface area contributed by atoms with Crippen LogP contribution in [0.25, 0.3) is 10.9 Å². The van der Waals surface area contributed by atoms with Crippen molar-refractivity contribution in [2.75, 3.05) is 0 Å². The number of nitrogens with zero attached hydrogens (tertiary/aromatic N) is 2. The van der Waals surface area contributed by atoms with Gasteiger partial charge in [0.1, 0.15) is 0 Å². The number of aromatic nitrogens is 2. The highest BCUT2D eigenvalue weighted by molar-refractivity contribution is 5.94. The van der Waals surface area contributed by atoms with Crippen LogP contribution in [0.1, 0.15) is 39.5 Å². The predicted octanol–water partition coefficient (Wildman–Crippen LogP) is 5.13. The van der Waals surface area contributed by atoms with Crippen molar-refractivity contribution in [2.24, 2.45) is 0 Å². The minimum atomic E-state index is -0.156. The van der Waals surface area contributed by atoms with E-state index in [0.29, 0.717) is 25.1 Å². The maximum atomic E-state index is 12.7. The van der Waals surface area contributed by atoms with Gasteiger partial charge in [0.15, 0.2) is 0 Å². The second-order valence-corrected chi connectivity index (χ2v) is 8.31. The van der Waals surface area contributed by atoms with Crippen molar-refractivity contribution in [3.05, 3.63) is 126 Å². The Labute approximate surface area is 205 Å². The monoisotopic (exact) mass is 464 g/mol. The summed E-state index contributed by atoms with van der Waals surface area (Å²) in [5.74, 6) is -0.255. The summed E-state index contributed by atoms with van der Waals surface area (Å²) in [4.78, 5) is 33.8. The lowest BCUT2D eigenvalue weighted by Crippen LogP contribution is -2.23. The van der Waals surface area contributed by atoms with E-state index in [1.807, 2.05) is 67.7 Å². The average Bonchev–Trinajstić information content (AvgIpc) is 3.35. The van der Waals surface area contributed by atoms with Crippen molar-refractivity contribution < 1.29 is 9.59 Å². The summed E-state index contributed by atoms with van der Waals surface area (Å²) >= 11 is 0. The second-order valence-electron chi connectivity index (χ2n) is 8.31. The maximum Gasteiger partial charge on any atom is 0.253 e. The minimum absolute atomic E-state index is 0.0995. The van der Waals surface area contributed by atoms with Gasteiger partial charge in [-0.1, -0.05) is 49.1 Å². The van der Waals surface area contributed by atoms with Crippen LogP contribution in [0.4, 0.5) is 0 Å². The first-order valence-electron chi connectivity index (χ1n) is 11.5. The minimum Gasteiger partial charge on any atom is -0.361 e. The van der Waals surface area contributed by atoms with Gasteiger partial charge in [-0.25, -0.2) is 0 Å². The number of nitrogens with one attached hydrogen (secondary N) is 2. The zero-order valence-corrected chi connectivity index (χ0v) is 19.7. The number of rotatable bonds is 9. The molecule has 4 rings (SSSR count). The van der Waals surface area contributed by atoms with E-state index in [-0.39, 0.29) is 11.8 Å². The number of carbonyl (C=O) groups is 2. The molecule has 0 radical (unpaired) electrons. The van der Waals surface area contributed by atoms with Crippen LogP contribution in [0, 0.1) is 0 Å². The summed E-state index contributed by atoms with van der Waals surface area (Å²) in [5.41, 5.74) is 5.67. The molecule has 0 aliphatic heterocycles. The van der Waals surface area contributed by atoms with Gasteiger partial charge in [-0.15, -0.1) is 0 Å². The van der Waals surface area contributed by atoms with E-state index in [1.165, 1.54) is 12.3 Å². The molecular formula is C29H28N4O2. The Balaban J connectivity index is 1.36. The quantitative estimate of drug-likeness (QED) is 0.337. The van der Waals surface area contributed by atoms with Gasteiger partial charge in [0, 0.05) is 36.9 Å². The third kappa shape index (κ3) is 6.12. The van der Waals surface area contributed by atoms with E-state index in [4.69, 9.17) is 0 Å². The number of carbonyl (C=O) groups excluding carboxylic acids is 2. The number of fused-ring (bicyclic) bond motifs is 1. The van der Waals surface area contributed by atoms with Gasteiger partial charge < -0.3 is 15.2 Å². The van der Waals surface area contributed by atoms with Crippen LogP contribution in [0.3, 0.4) is 0 Å². The third-order valence-electron chi connectivity index (χ3n) is 5.73. The van der Waals surface area contributed by atoms with E-state index in [2.05, 4.69) is 21.9 Å². The van der Waals surface area contributed by atoms with Gasteiger partial charge in [-0.2, -0.15) is 0 Å². The molecule has 2 aromatic heterocycles. The third-order valence-corrected chi connectivity index (χ3v) is 5.73. The molecule has 2 aromatic carbocycles. The lowest BCUT2D eigenvalue weighted by molar-refractivity contribution is -0.124. The normalized spacial score (nSPS) is 11.0. The first kappa shape index (κ1) is 23.7. The predicted molar refractivity (Wildman–Crippen MR) is 139 cm³/mol. The van der Waals surface area contributed by atoms with E-state index >= 15 is 0 Å². The number of hydrogen-bond acceptors (Lipinski definition) is 3. The first-order valence-corrected chi connectivity index (χ1v) is 11.5. The van der Waals surface area contributed by atoms with Crippen LogP contribution in [0.2, 0.25) is 0 Å². The molecule has 6 heteroatoms. The van der Waals surface area contributed by atoms with Gasteiger partial charge in [-0.3, -0.25) is 14.6 Å². The number of aromatic amines is 1. The zero-order chi connectivity index (χ0) is 24.6. The first-order chi connectivity index (χ1) is 17.1. The fourth-order valence-electron chi connectivity index (χ4n) is 3.86. The van der Waals surface area contributed by atoms with Crippen molar-refractivity contribution in [3.8, 4) is 0 Å². The molecular weight excluding hydrogens is 436 g/mol. The van der Waals surface area contributed by atoms with Gasteiger partial charge in [0.05, 0.1) is 12.1 Å². The Morgan fingerprint density at radius 3 is 2.54 bits per heavy atom. The van der Waals surface area contributed by atoms with E-state index < -0.39 is 0 Å². The summed E-state index contributed by atoms with van der Waals surface area (Å²) in [5, 5.41) is 4.12. The highest BCUT2D eigenvalue weighted by atomic mass is 16.2. The highest BCUT2D eigenvalue weighted by Gasteiger charge is 2.10.